The fraction of sp³-hybridized carbons (Fsp3) is 0.636. The van der Waals surface area contributed by atoms with E-state index in [1.54, 1.807) is 0 Å². The maximum Gasteiger partial charge on any atom is 0.238 e. The number of hydrazine groups is 1. The van der Waals surface area contributed by atoms with E-state index >= 15 is 0 Å². The number of carbonyl (C=O) groups is 2. The molecule has 0 aliphatic heterocycles. The maximum absolute atomic E-state index is 12.0. The van der Waals surface area contributed by atoms with Crippen molar-refractivity contribution in [2.24, 2.45) is 0 Å². The lowest BCUT2D eigenvalue weighted by Gasteiger charge is -2.22. The van der Waals surface area contributed by atoms with Crippen molar-refractivity contribution in [1.29, 1.82) is 0 Å². The lowest BCUT2D eigenvalue weighted by Crippen LogP contribution is -2.44. The van der Waals surface area contributed by atoms with E-state index in [1.165, 1.54) is 11.9 Å². The van der Waals surface area contributed by atoms with Crippen molar-refractivity contribution in [3.05, 3.63) is 35.9 Å². The molecule has 0 saturated carbocycles. The number of nitrogens with one attached hydrogen (secondary N) is 2. The first-order chi connectivity index (χ1) is 13.0. The van der Waals surface area contributed by atoms with E-state index in [1.807, 2.05) is 58.0 Å². The zero-order valence-corrected chi connectivity index (χ0v) is 18.5. The number of hydrogen-bond donors (Lipinski definition) is 2. The molecule has 0 heterocycles. The van der Waals surface area contributed by atoms with Crippen LogP contribution in [0.1, 0.15) is 79.7 Å². The molecule has 0 aliphatic rings. The van der Waals surface area contributed by atoms with E-state index in [2.05, 4.69) is 24.6 Å². The molecular weight excluding hydrogens is 338 g/mol. The zero-order valence-electron chi connectivity index (χ0n) is 18.5. The van der Waals surface area contributed by atoms with Crippen LogP contribution in [0.2, 0.25) is 0 Å². The summed E-state index contributed by atoms with van der Waals surface area (Å²) >= 11 is 0. The van der Waals surface area contributed by atoms with Gasteiger partial charge in [-0.05, 0) is 24.9 Å². The number of benzene rings is 1. The summed E-state index contributed by atoms with van der Waals surface area (Å²) in [5, 5.41) is 4.73. The Balaban J connectivity index is 0. The quantitative estimate of drug-likeness (QED) is 0.484. The molecule has 0 aromatic heterocycles. The summed E-state index contributed by atoms with van der Waals surface area (Å²) in [6.07, 6.45) is 3.35. The van der Waals surface area contributed by atoms with Gasteiger partial charge in [-0.2, -0.15) is 0 Å². The minimum Gasteiger partial charge on any atom is -0.315 e. The molecule has 0 unspecified atom stereocenters. The van der Waals surface area contributed by atoms with Crippen LogP contribution in [0.15, 0.2) is 30.3 Å². The first-order valence-electron chi connectivity index (χ1n) is 10.3. The summed E-state index contributed by atoms with van der Waals surface area (Å²) in [6, 6.07) is 10.1. The van der Waals surface area contributed by atoms with Gasteiger partial charge in [0.2, 0.25) is 11.8 Å². The van der Waals surface area contributed by atoms with Gasteiger partial charge in [0.25, 0.3) is 0 Å². The SMILES string of the molecule is CC.CC.CC(=O)N(Cc1ccccc1)NC(=O)CCCCCNC(C)C. The number of rotatable bonds is 9. The molecule has 5 heteroatoms. The van der Waals surface area contributed by atoms with Gasteiger partial charge in [-0.1, -0.05) is 78.3 Å². The van der Waals surface area contributed by atoms with Gasteiger partial charge in [0.15, 0.2) is 0 Å². The maximum atomic E-state index is 12.0. The number of amides is 2. The van der Waals surface area contributed by atoms with Crippen LogP contribution in [-0.2, 0) is 16.1 Å². The standard InChI is InChI=1S/C18H29N3O2.2C2H6/c1-15(2)19-13-9-5-8-12-18(23)20-21(16(3)22)14-17-10-6-4-7-11-17;2*1-2/h4,6-7,10-11,15,19H,5,8-9,12-14H2,1-3H3,(H,20,23);2*1-2H3. The second-order valence-corrected chi connectivity index (χ2v) is 6.05. The van der Waals surface area contributed by atoms with Crippen molar-refractivity contribution in [3.63, 3.8) is 0 Å². The van der Waals surface area contributed by atoms with Crippen LogP contribution in [0.3, 0.4) is 0 Å². The highest BCUT2D eigenvalue weighted by Gasteiger charge is 2.12. The Bertz CT molecular complexity index is 476. The van der Waals surface area contributed by atoms with Gasteiger partial charge in [-0.15, -0.1) is 0 Å². The Morgan fingerprint density at radius 1 is 0.963 bits per heavy atom. The van der Waals surface area contributed by atoms with E-state index in [-0.39, 0.29) is 11.8 Å². The number of unbranched alkanes of at least 4 members (excludes halogenated alkanes) is 2. The average Bonchev–Trinajstić information content (AvgIpc) is 2.67. The van der Waals surface area contributed by atoms with E-state index in [9.17, 15) is 9.59 Å². The zero-order chi connectivity index (χ0) is 21.1. The smallest absolute Gasteiger partial charge is 0.238 e. The van der Waals surface area contributed by atoms with Crippen molar-refractivity contribution >= 4 is 11.8 Å². The van der Waals surface area contributed by atoms with Crippen molar-refractivity contribution in [3.8, 4) is 0 Å². The van der Waals surface area contributed by atoms with Crippen LogP contribution in [-0.4, -0.2) is 29.4 Å². The Morgan fingerprint density at radius 2 is 1.56 bits per heavy atom. The molecule has 27 heavy (non-hydrogen) atoms. The summed E-state index contributed by atoms with van der Waals surface area (Å²) in [5.74, 6) is -0.267. The molecule has 0 spiro atoms. The highest BCUT2D eigenvalue weighted by Crippen LogP contribution is 2.04. The molecule has 2 amide bonds. The Kier molecular flexibility index (Phi) is 19.1. The Hall–Kier alpha value is -1.88. The lowest BCUT2D eigenvalue weighted by atomic mass is 10.2. The van der Waals surface area contributed by atoms with Gasteiger partial charge >= 0.3 is 0 Å². The fourth-order valence-electron chi connectivity index (χ4n) is 2.18. The first-order valence-corrected chi connectivity index (χ1v) is 10.3. The van der Waals surface area contributed by atoms with E-state index in [0.29, 0.717) is 19.0 Å². The third kappa shape index (κ3) is 16.0. The summed E-state index contributed by atoms with van der Waals surface area (Å²) < 4.78 is 0. The molecular formula is C22H41N3O2. The average molecular weight is 380 g/mol. The number of carbonyl (C=O) groups excluding carboxylic acids is 2. The third-order valence-corrected chi connectivity index (χ3v) is 3.46. The molecule has 1 rings (SSSR count). The molecule has 0 aliphatic carbocycles. The van der Waals surface area contributed by atoms with Gasteiger partial charge in [0.1, 0.15) is 0 Å². The van der Waals surface area contributed by atoms with Gasteiger partial charge in [0, 0.05) is 19.4 Å². The summed E-state index contributed by atoms with van der Waals surface area (Å²) in [7, 11) is 0. The van der Waals surface area contributed by atoms with Crippen LogP contribution in [0, 0.1) is 0 Å². The predicted octanol–water partition coefficient (Wildman–Crippen LogP) is 4.68. The van der Waals surface area contributed by atoms with Crippen LogP contribution in [0.4, 0.5) is 0 Å². The van der Waals surface area contributed by atoms with Crippen molar-refractivity contribution in [1.82, 2.24) is 15.8 Å². The van der Waals surface area contributed by atoms with Crippen LogP contribution < -0.4 is 10.7 Å². The summed E-state index contributed by atoms with van der Waals surface area (Å²) in [4.78, 5) is 23.6. The van der Waals surface area contributed by atoms with E-state index < -0.39 is 0 Å². The Morgan fingerprint density at radius 3 is 2.07 bits per heavy atom. The molecule has 1 aromatic carbocycles. The highest BCUT2D eigenvalue weighted by atomic mass is 16.2. The van der Waals surface area contributed by atoms with Crippen molar-refractivity contribution < 1.29 is 9.59 Å². The molecule has 1 aromatic rings. The van der Waals surface area contributed by atoms with Gasteiger partial charge in [-0.3, -0.25) is 15.0 Å². The second kappa shape index (κ2) is 18.9. The van der Waals surface area contributed by atoms with Crippen molar-refractivity contribution in [2.45, 2.75) is 86.7 Å². The van der Waals surface area contributed by atoms with Crippen LogP contribution >= 0.6 is 0 Å². The number of nitrogens with zero attached hydrogens (tertiary/aromatic N) is 1. The first kappa shape index (κ1) is 27.3. The lowest BCUT2D eigenvalue weighted by molar-refractivity contribution is -0.140. The Labute approximate surface area is 166 Å². The molecule has 0 atom stereocenters. The minimum atomic E-state index is -0.164. The fourth-order valence-corrected chi connectivity index (χ4v) is 2.18. The number of hydrogen-bond acceptors (Lipinski definition) is 3. The molecule has 0 radical (unpaired) electrons. The normalized spacial score (nSPS) is 9.48. The topological polar surface area (TPSA) is 61.4 Å². The van der Waals surface area contributed by atoms with Crippen LogP contribution in [0.5, 0.6) is 0 Å². The molecule has 5 nitrogen and oxygen atoms in total. The summed E-state index contributed by atoms with van der Waals surface area (Å²) in [6.45, 7) is 15.1. The molecule has 0 bridgehead atoms. The molecule has 156 valence electrons. The monoisotopic (exact) mass is 379 g/mol. The largest absolute Gasteiger partial charge is 0.315 e. The highest BCUT2D eigenvalue weighted by molar-refractivity contribution is 5.80. The van der Waals surface area contributed by atoms with E-state index in [0.717, 1.165) is 31.4 Å². The molecule has 2 N–H and O–H groups in total. The predicted molar refractivity (Wildman–Crippen MR) is 115 cm³/mol. The van der Waals surface area contributed by atoms with Gasteiger partial charge in [-0.25, -0.2) is 5.01 Å². The van der Waals surface area contributed by atoms with Crippen molar-refractivity contribution in [2.75, 3.05) is 6.54 Å². The van der Waals surface area contributed by atoms with Gasteiger partial charge < -0.3 is 5.32 Å². The third-order valence-electron chi connectivity index (χ3n) is 3.46. The minimum absolute atomic E-state index is 0.104. The van der Waals surface area contributed by atoms with Crippen LogP contribution in [0.25, 0.3) is 0 Å². The molecule has 0 saturated heterocycles. The summed E-state index contributed by atoms with van der Waals surface area (Å²) in [5.41, 5.74) is 3.69. The van der Waals surface area contributed by atoms with Gasteiger partial charge in [0.05, 0.1) is 6.54 Å². The second-order valence-electron chi connectivity index (χ2n) is 6.05. The van der Waals surface area contributed by atoms with E-state index in [4.69, 9.17) is 0 Å². The molecule has 0 fully saturated rings.